The summed E-state index contributed by atoms with van der Waals surface area (Å²) in [4.78, 5) is 42.5. The highest BCUT2D eigenvalue weighted by atomic mass is 16.6. The molecule has 0 aromatic heterocycles. The minimum Gasteiger partial charge on any atom is -0.444 e. The average Bonchev–Trinajstić information content (AvgIpc) is 3.33. The zero-order valence-corrected chi connectivity index (χ0v) is 21.8. The summed E-state index contributed by atoms with van der Waals surface area (Å²) in [5, 5.41) is 3.29. The zero-order valence-electron chi connectivity index (χ0n) is 21.8. The van der Waals surface area contributed by atoms with E-state index in [1.165, 1.54) is 0 Å². The van der Waals surface area contributed by atoms with Crippen molar-refractivity contribution in [1.82, 2.24) is 15.1 Å². The van der Waals surface area contributed by atoms with E-state index in [9.17, 15) is 14.4 Å². The van der Waals surface area contributed by atoms with Crippen LogP contribution in [-0.2, 0) is 19.1 Å². The maximum Gasteiger partial charge on any atom is 0.410 e. The first kappa shape index (κ1) is 26.7. The lowest BCUT2D eigenvalue weighted by Crippen LogP contribution is -2.60. The molecule has 3 aliphatic heterocycles. The van der Waals surface area contributed by atoms with Crippen molar-refractivity contribution in [3.05, 3.63) is 0 Å². The van der Waals surface area contributed by atoms with Gasteiger partial charge in [-0.15, -0.1) is 0 Å². The van der Waals surface area contributed by atoms with Gasteiger partial charge in [0.1, 0.15) is 11.1 Å². The first-order valence-corrected chi connectivity index (χ1v) is 12.7. The highest BCUT2D eigenvalue weighted by Gasteiger charge is 2.52. The summed E-state index contributed by atoms with van der Waals surface area (Å²) in [6.45, 7) is 13.8. The molecule has 0 aliphatic carbocycles. The van der Waals surface area contributed by atoms with Gasteiger partial charge in [-0.25, -0.2) is 4.79 Å². The molecule has 4 atom stereocenters. The maximum absolute atomic E-state index is 13.6. The molecule has 0 aromatic carbocycles. The van der Waals surface area contributed by atoms with Crippen LogP contribution in [0.25, 0.3) is 0 Å². The average molecular weight is 481 g/mol. The van der Waals surface area contributed by atoms with Crippen LogP contribution in [0.4, 0.5) is 4.79 Å². The van der Waals surface area contributed by atoms with Crippen molar-refractivity contribution in [1.29, 1.82) is 0 Å². The molecular weight excluding hydrogens is 436 g/mol. The summed E-state index contributed by atoms with van der Waals surface area (Å²) in [5.41, 5.74) is 4.13. The van der Waals surface area contributed by atoms with Crippen molar-refractivity contribution in [2.24, 2.45) is 11.7 Å². The Labute approximate surface area is 204 Å². The topological polar surface area (TPSA) is 114 Å². The van der Waals surface area contributed by atoms with Crippen LogP contribution in [-0.4, -0.2) is 82.8 Å². The quantitative estimate of drug-likeness (QED) is 0.625. The fourth-order valence-corrected chi connectivity index (χ4v) is 5.64. The van der Waals surface area contributed by atoms with Gasteiger partial charge in [0.15, 0.2) is 0 Å². The molecular formula is C25H44N4O5. The number of nitrogens with one attached hydrogen (secondary N) is 1. The molecule has 194 valence electrons. The lowest BCUT2D eigenvalue weighted by atomic mass is 9.80. The van der Waals surface area contributed by atoms with Crippen molar-refractivity contribution in [2.45, 2.75) is 109 Å². The van der Waals surface area contributed by atoms with E-state index < -0.39 is 17.0 Å². The Kier molecular flexibility index (Phi) is 7.87. The number of hydrogen-bond donors (Lipinski definition) is 2. The zero-order chi connectivity index (χ0) is 25.3. The molecule has 0 radical (unpaired) electrons. The number of carbonyl (C=O) groups excluding carboxylic acids is 3. The number of nitrogens with zero attached hydrogens (tertiary/aromatic N) is 2. The second-order valence-electron chi connectivity index (χ2n) is 12.2. The lowest BCUT2D eigenvalue weighted by Gasteiger charge is -2.42. The molecule has 3 amide bonds. The van der Waals surface area contributed by atoms with Crippen molar-refractivity contribution >= 4 is 17.9 Å². The molecule has 0 bridgehead atoms. The molecule has 3 heterocycles. The van der Waals surface area contributed by atoms with Gasteiger partial charge in [0.2, 0.25) is 11.8 Å². The number of likely N-dealkylation sites (tertiary alicyclic amines) is 2. The molecule has 0 spiro atoms. The number of nitrogens with two attached hydrogens (primary N) is 1. The second-order valence-corrected chi connectivity index (χ2v) is 12.2. The minimum atomic E-state index is -1.01. The summed E-state index contributed by atoms with van der Waals surface area (Å²) in [5.74, 6) is -0.444. The largest absolute Gasteiger partial charge is 0.444 e. The van der Waals surface area contributed by atoms with E-state index in [0.29, 0.717) is 45.4 Å². The summed E-state index contributed by atoms with van der Waals surface area (Å²) in [6, 6.07) is -0.381. The first-order valence-electron chi connectivity index (χ1n) is 12.7. The van der Waals surface area contributed by atoms with Crippen LogP contribution in [0.2, 0.25) is 0 Å². The van der Waals surface area contributed by atoms with E-state index in [-0.39, 0.29) is 35.7 Å². The van der Waals surface area contributed by atoms with Gasteiger partial charge in [-0.1, -0.05) is 0 Å². The van der Waals surface area contributed by atoms with Gasteiger partial charge in [0.25, 0.3) is 0 Å². The highest BCUT2D eigenvalue weighted by Crippen LogP contribution is 2.38. The van der Waals surface area contributed by atoms with Crippen molar-refractivity contribution < 1.29 is 23.9 Å². The van der Waals surface area contributed by atoms with E-state index >= 15 is 0 Å². The summed E-state index contributed by atoms with van der Waals surface area (Å²) in [6.07, 6.45) is 3.71. The maximum atomic E-state index is 13.6. The molecule has 9 nitrogen and oxygen atoms in total. The van der Waals surface area contributed by atoms with Crippen LogP contribution in [0.3, 0.4) is 0 Å². The number of hydrogen-bond acceptors (Lipinski definition) is 6. The molecule has 9 heteroatoms. The molecule has 3 N–H and O–H groups in total. The van der Waals surface area contributed by atoms with Gasteiger partial charge < -0.3 is 30.3 Å². The Morgan fingerprint density at radius 3 is 2.38 bits per heavy atom. The number of piperidine rings is 1. The van der Waals surface area contributed by atoms with Crippen LogP contribution in [0.15, 0.2) is 0 Å². The van der Waals surface area contributed by atoms with E-state index in [1.807, 2.05) is 41.5 Å². The molecule has 34 heavy (non-hydrogen) atoms. The van der Waals surface area contributed by atoms with Gasteiger partial charge in [0.05, 0.1) is 17.7 Å². The Morgan fingerprint density at radius 2 is 1.76 bits per heavy atom. The molecule has 3 aliphatic rings. The van der Waals surface area contributed by atoms with Crippen LogP contribution >= 0.6 is 0 Å². The van der Waals surface area contributed by atoms with Gasteiger partial charge in [-0.05, 0) is 86.0 Å². The Bertz CT molecular complexity index is 774. The number of rotatable bonds is 5. The second kappa shape index (κ2) is 10.0. The van der Waals surface area contributed by atoms with Crippen molar-refractivity contribution in [2.75, 3.05) is 26.2 Å². The first-order chi connectivity index (χ1) is 15.7. The lowest BCUT2D eigenvalue weighted by molar-refractivity contribution is -0.146. The molecule has 3 fully saturated rings. The van der Waals surface area contributed by atoms with Gasteiger partial charge in [0, 0.05) is 26.2 Å². The van der Waals surface area contributed by atoms with E-state index in [4.69, 9.17) is 15.2 Å². The highest BCUT2D eigenvalue weighted by molar-refractivity contribution is 5.93. The smallest absolute Gasteiger partial charge is 0.410 e. The Balaban J connectivity index is 1.69. The van der Waals surface area contributed by atoms with Crippen LogP contribution in [0.1, 0.15) is 80.1 Å². The fraction of sp³-hybridized carbons (Fsp3) is 0.880. The van der Waals surface area contributed by atoms with Crippen LogP contribution in [0.5, 0.6) is 0 Å². The third kappa shape index (κ3) is 6.42. The van der Waals surface area contributed by atoms with E-state index in [1.54, 1.807) is 9.80 Å². The van der Waals surface area contributed by atoms with Gasteiger partial charge in [-0.2, -0.15) is 0 Å². The third-order valence-corrected chi connectivity index (χ3v) is 6.92. The fourth-order valence-electron chi connectivity index (χ4n) is 5.64. The van der Waals surface area contributed by atoms with E-state index in [0.717, 1.165) is 19.3 Å². The number of amides is 3. The third-order valence-electron chi connectivity index (χ3n) is 6.92. The number of primary amides is 1. The molecule has 3 rings (SSSR count). The van der Waals surface area contributed by atoms with Gasteiger partial charge in [-0.3, -0.25) is 9.59 Å². The predicted octanol–water partition coefficient (Wildman–Crippen LogP) is 2.42. The summed E-state index contributed by atoms with van der Waals surface area (Å²) >= 11 is 0. The summed E-state index contributed by atoms with van der Waals surface area (Å²) in [7, 11) is 0. The standard InChI is InChI=1S/C25H44N4O5/c1-23(2,3)33-18-13-19(27-15-18)20(30)29-12-8-10-25(29,21(26)31)14-17-9-7-11-28(16-17)22(32)34-24(4,5)6/h17-19,27H,7-16H2,1-6H3,(H2,26,31)/t17-,18-,19+,25?/m1/s1. The Morgan fingerprint density at radius 1 is 1.06 bits per heavy atom. The van der Waals surface area contributed by atoms with Crippen molar-refractivity contribution in [3.8, 4) is 0 Å². The SMILES string of the molecule is CC(C)(C)OC(=O)N1CCC[C@H](CC2(C(N)=O)CCCN2C(=O)[C@@H]2C[C@@H](OC(C)(C)C)CN2)C1. The van der Waals surface area contributed by atoms with Gasteiger partial charge >= 0.3 is 6.09 Å². The molecule has 1 unspecified atom stereocenters. The molecule has 3 saturated heterocycles. The molecule has 0 saturated carbocycles. The van der Waals surface area contributed by atoms with Crippen molar-refractivity contribution in [3.63, 3.8) is 0 Å². The summed E-state index contributed by atoms with van der Waals surface area (Å²) < 4.78 is 11.6. The minimum absolute atomic E-state index is 0.0414. The Hall–Kier alpha value is -1.87. The van der Waals surface area contributed by atoms with Crippen LogP contribution < -0.4 is 11.1 Å². The number of carbonyl (C=O) groups is 3. The monoisotopic (exact) mass is 480 g/mol. The number of ether oxygens (including phenoxy) is 2. The predicted molar refractivity (Wildman–Crippen MR) is 129 cm³/mol. The van der Waals surface area contributed by atoms with Crippen LogP contribution in [0, 0.1) is 5.92 Å². The van der Waals surface area contributed by atoms with E-state index in [2.05, 4.69) is 5.32 Å². The normalized spacial score (nSPS) is 30.5. The molecule has 0 aromatic rings.